The molecule has 0 unspecified atom stereocenters. The van der Waals surface area contributed by atoms with Crippen LogP contribution in [0.1, 0.15) is 13.3 Å². The van der Waals surface area contributed by atoms with Crippen LogP contribution in [0.3, 0.4) is 0 Å². The first-order chi connectivity index (χ1) is 2.81. The summed E-state index contributed by atoms with van der Waals surface area (Å²) < 4.78 is 0. The Labute approximate surface area is 38.0 Å². The van der Waals surface area contributed by atoms with Gasteiger partial charge in [0.05, 0.1) is 6.10 Å². The van der Waals surface area contributed by atoms with E-state index in [1.54, 1.807) is 0 Å². The lowest BCUT2D eigenvalue weighted by molar-refractivity contribution is 0.177. The molecular formula is C4H10NO. The third kappa shape index (κ3) is 2.18. The summed E-state index contributed by atoms with van der Waals surface area (Å²) in [5.41, 5.74) is 6.56. The molecule has 0 saturated heterocycles. The van der Waals surface area contributed by atoms with Gasteiger partial charge in [0.15, 0.2) is 0 Å². The van der Waals surface area contributed by atoms with Gasteiger partial charge in [-0.15, -0.1) is 0 Å². The third-order valence-electron chi connectivity index (χ3n) is 0.707. The summed E-state index contributed by atoms with van der Waals surface area (Å²) in [7, 11) is 0. The molecule has 0 aromatic heterocycles. The molecule has 2 heteroatoms. The second kappa shape index (κ2) is 3.12. The van der Waals surface area contributed by atoms with Crippen LogP contribution < -0.4 is 5.73 Å². The van der Waals surface area contributed by atoms with Crippen LogP contribution in [0.15, 0.2) is 0 Å². The summed E-state index contributed by atoms with van der Waals surface area (Å²) in [5.74, 6) is 0. The van der Waals surface area contributed by atoms with E-state index in [0.717, 1.165) is 0 Å². The largest absolute Gasteiger partial charge is 0.392 e. The van der Waals surface area contributed by atoms with Crippen LogP contribution >= 0.6 is 0 Å². The van der Waals surface area contributed by atoms with E-state index in [0.29, 0.717) is 6.42 Å². The lowest BCUT2D eigenvalue weighted by Crippen LogP contribution is -2.10. The number of aliphatic hydroxyl groups excluding tert-OH is 1. The zero-order valence-corrected chi connectivity index (χ0v) is 3.94. The number of aliphatic hydroxyl groups is 1. The molecule has 0 fully saturated rings. The summed E-state index contributed by atoms with van der Waals surface area (Å²) in [6, 6.07) is 0. The molecule has 0 aliphatic heterocycles. The monoisotopic (exact) mass is 88.1 g/mol. The van der Waals surface area contributed by atoms with Crippen molar-refractivity contribution >= 4 is 0 Å². The maximum Gasteiger partial charge on any atom is 0.0675 e. The molecule has 1 radical (unpaired) electrons. The molecule has 2 nitrogen and oxygen atoms in total. The Kier molecular flexibility index (Phi) is 3.08. The Hall–Kier alpha value is -0.0800. The molecule has 0 heterocycles. The van der Waals surface area contributed by atoms with Crippen molar-refractivity contribution < 1.29 is 5.11 Å². The number of hydrogen-bond acceptors (Lipinski definition) is 1. The van der Waals surface area contributed by atoms with Gasteiger partial charge in [-0.1, -0.05) is 6.92 Å². The molecule has 0 amide bonds. The molecule has 0 aromatic carbocycles. The van der Waals surface area contributed by atoms with E-state index in [4.69, 9.17) is 10.8 Å². The van der Waals surface area contributed by atoms with E-state index in [9.17, 15) is 0 Å². The minimum atomic E-state index is -0.398. The highest BCUT2D eigenvalue weighted by molar-refractivity contribution is 4.47. The van der Waals surface area contributed by atoms with Gasteiger partial charge in [-0.2, -0.15) is 0 Å². The van der Waals surface area contributed by atoms with Gasteiger partial charge in [-0.3, -0.25) is 5.73 Å². The Balaban J connectivity index is 2.75. The van der Waals surface area contributed by atoms with Crippen molar-refractivity contribution in [3.63, 3.8) is 0 Å². The van der Waals surface area contributed by atoms with Gasteiger partial charge in [0, 0.05) is 6.54 Å². The highest BCUT2D eigenvalue weighted by Gasteiger charge is 1.91. The molecule has 0 bridgehead atoms. The van der Waals surface area contributed by atoms with E-state index in [1.165, 1.54) is 0 Å². The topological polar surface area (TPSA) is 44.0 Å². The van der Waals surface area contributed by atoms with E-state index in [1.807, 2.05) is 6.92 Å². The Morgan fingerprint density at radius 3 is 2.33 bits per heavy atom. The van der Waals surface area contributed by atoms with Gasteiger partial charge in [0.2, 0.25) is 0 Å². The lowest BCUT2D eigenvalue weighted by atomic mass is 10.3. The first-order valence-corrected chi connectivity index (χ1v) is 2.14. The molecule has 0 saturated carbocycles. The van der Waals surface area contributed by atoms with Crippen molar-refractivity contribution in [3.05, 3.63) is 0 Å². The molecule has 0 aliphatic carbocycles. The molecule has 1 atom stereocenters. The fourth-order valence-corrected chi connectivity index (χ4v) is 0.144. The van der Waals surface area contributed by atoms with Crippen LogP contribution in [-0.4, -0.2) is 17.8 Å². The fraction of sp³-hybridized carbons (Fsp3) is 1.00. The van der Waals surface area contributed by atoms with Crippen molar-refractivity contribution in [2.24, 2.45) is 0 Å². The number of nitrogens with one attached hydrogen (secondary N) is 1. The van der Waals surface area contributed by atoms with Crippen molar-refractivity contribution in [2.75, 3.05) is 6.54 Å². The van der Waals surface area contributed by atoms with E-state index < -0.39 is 6.10 Å². The SMILES string of the molecule is CC[C@H](O)C[NH]. The summed E-state index contributed by atoms with van der Waals surface area (Å²) in [5, 5.41) is 8.48. The van der Waals surface area contributed by atoms with Crippen LogP contribution in [0.5, 0.6) is 0 Å². The predicted molar refractivity (Wildman–Crippen MR) is 24.3 cm³/mol. The molecule has 0 spiro atoms. The Morgan fingerprint density at radius 2 is 2.33 bits per heavy atom. The average molecular weight is 88.1 g/mol. The van der Waals surface area contributed by atoms with Crippen LogP contribution in [0.4, 0.5) is 0 Å². The van der Waals surface area contributed by atoms with Gasteiger partial charge in [-0.05, 0) is 6.42 Å². The molecule has 2 N–H and O–H groups in total. The Morgan fingerprint density at radius 1 is 1.83 bits per heavy atom. The minimum Gasteiger partial charge on any atom is -0.392 e. The molecule has 0 aliphatic rings. The van der Waals surface area contributed by atoms with Crippen LogP contribution in [-0.2, 0) is 0 Å². The molecule has 0 rings (SSSR count). The number of hydrogen-bond donors (Lipinski definition) is 1. The molecule has 6 heavy (non-hydrogen) atoms. The normalized spacial score (nSPS) is 14.5. The van der Waals surface area contributed by atoms with Crippen LogP contribution in [0, 0.1) is 0 Å². The minimum absolute atomic E-state index is 0.135. The number of rotatable bonds is 2. The second-order valence-electron chi connectivity index (χ2n) is 1.27. The Bertz CT molecular complexity index is 26.7. The van der Waals surface area contributed by atoms with E-state index in [2.05, 4.69) is 0 Å². The molecule has 0 aromatic rings. The van der Waals surface area contributed by atoms with E-state index in [-0.39, 0.29) is 6.54 Å². The van der Waals surface area contributed by atoms with Gasteiger partial charge in [0.25, 0.3) is 0 Å². The lowest BCUT2D eigenvalue weighted by Gasteiger charge is -1.97. The second-order valence-corrected chi connectivity index (χ2v) is 1.27. The quantitative estimate of drug-likeness (QED) is 0.509. The van der Waals surface area contributed by atoms with Gasteiger partial charge in [0.1, 0.15) is 0 Å². The first kappa shape index (κ1) is 5.92. The van der Waals surface area contributed by atoms with Gasteiger partial charge < -0.3 is 5.11 Å². The van der Waals surface area contributed by atoms with Gasteiger partial charge >= 0.3 is 0 Å². The standard InChI is InChI=1S/C4H10NO/c1-2-4(6)3-5/h4-6H,2-3H2,1H3/t4-/m0/s1. The van der Waals surface area contributed by atoms with Crippen molar-refractivity contribution in [2.45, 2.75) is 19.4 Å². The highest BCUT2D eigenvalue weighted by atomic mass is 16.3. The molecular weight excluding hydrogens is 78.1 g/mol. The van der Waals surface area contributed by atoms with E-state index >= 15 is 0 Å². The predicted octanol–water partition coefficient (Wildman–Crippen LogP) is 0.0402. The summed E-state index contributed by atoms with van der Waals surface area (Å²) in [6.45, 7) is 2.00. The maximum absolute atomic E-state index is 8.48. The zero-order valence-electron chi connectivity index (χ0n) is 3.94. The average Bonchev–Trinajstić information content (AvgIpc) is 1.65. The van der Waals surface area contributed by atoms with Crippen LogP contribution in [0.25, 0.3) is 0 Å². The zero-order chi connectivity index (χ0) is 4.99. The first-order valence-electron chi connectivity index (χ1n) is 2.14. The van der Waals surface area contributed by atoms with Crippen molar-refractivity contribution in [1.82, 2.24) is 5.73 Å². The van der Waals surface area contributed by atoms with Crippen LogP contribution in [0.2, 0.25) is 0 Å². The van der Waals surface area contributed by atoms with Crippen molar-refractivity contribution in [1.29, 1.82) is 0 Å². The smallest absolute Gasteiger partial charge is 0.0675 e. The maximum atomic E-state index is 8.48. The highest BCUT2D eigenvalue weighted by Crippen LogP contribution is 1.82. The molecule has 37 valence electrons. The summed E-state index contributed by atoms with van der Waals surface area (Å²) in [4.78, 5) is 0. The van der Waals surface area contributed by atoms with Gasteiger partial charge in [-0.25, -0.2) is 0 Å². The van der Waals surface area contributed by atoms with Crippen molar-refractivity contribution in [3.8, 4) is 0 Å². The summed E-state index contributed by atoms with van der Waals surface area (Å²) in [6.07, 6.45) is 0.300. The summed E-state index contributed by atoms with van der Waals surface area (Å²) >= 11 is 0. The fourth-order valence-electron chi connectivity index (χ4n) is 0.144. The third-order valence-corrected chi connectivity index (χ3v) is 0.707.